The number of carbonyl (C=O) groups is 1. The SMILES string of the molecule is CC(=O)c1c(O)c2c(c3c1OC(C)C=C3)OC(C)C=C2. The van der Waals surface area contributed by atoms with Crippen LogP contribution in [0, 0.1) is 0 Å². The minimum absolute atomic E-state index is 0.0723. The summed E-state index contributed by atoms with van der Waals surface area (Å²) in [6, 6.07) is 0. The zero-order valence-corrected chi connectivity index (χ0v) is 11.6. The molecule has 2 atom stereocenters. The number of carbonyl (C=O) groups excluding carboxylic acids is 1. The number of phenolic OH excluding ortho intramolecular Hbond substituents is 1. The van der Waals surface area contributed by atoms with Crippen LogP contribution in [-0.4, -0.2) is 23.1 Å². The van der Waals surface area contributed by atoms with Gasteiger partial charge in [-0.25, -0.2) is 0 Å². The number of Topliss-reactive ketones (excluding diaryl/α,β-unsaturated/α-hetero) is 1. The Morgan fingerprint density at radius 1 is 1.05 bits per heavy atom. The van der Waals surface area contributed by atoms with E-state index in [1.54, 1.807) is 6.08 Å². The number of phenols is 1. The van der Waals surface area contributed by atoms with Crippen LogP contribution in [0.1, 0.15) is 42.3 Å². The molecule has 20 heavy (non-hydrogen) atoms. The van der Waals surface area contributed by atoms with E-state index in [1.165, 1.54) is 6.92 Å². The molecule has 4 heteroatoms. The topological polar surface area (TPSA) is 55.8 Å². The summed E-state index contributed by atoms with van der Waals surface area (Å²) in [5.41, 5.74) is 1.48. The Balaban J connectivity index is 2.35. The van der Waals surface area contributed by atoms with Gasteiger partial charge in [0.25, 0.3) is 0 Å². The molecule has 0 aliphatic carbocycles. The lowest BCUT2D eigenvalue weighted by atomic mass is 9.94. The van der Waals surface area contributed by atoms with Crippen molar-refractivity contribution in [3.8, 4) is 17.2 Å². The second kappa shape index (κ2) is 4.40. The van der Waals surface area contributed by atoms with Crippen molar-refractivity contribution >= 4 is 17.9 Å². The molecule has 1 aromatic rings. The molecule has 2 unspecified atom stereocenters. The molecule has 104 valence electrons. The molecule has 1 N–H and O–H groups in total. The maximum Gasteiger partial charge on any atom is 0.167 e. The van der Waals surface area contributed by atoms with E-state index in [1.807, 2.05) is 32.1 Å². The highest BCUT2D eigenvalue weighted by atomic mass is 16.5. The Morgan fingerprint density at radius 3 is 2.20 bits per heavy atom. The second-order valence-corrected chi connectivity index (χ2v) is 5.13. The largest absolute Gasteiger partial charge is 0.506 e. The summed E-state index contributed by atoms with van der Waals surface area (Å²) in [5.74, 6) is 0.680. The van der Waals surface area contributed by atoms with Gasteiger partial charge in [-0.2, -0.15) is 0 Å². The zero-order chi connectivity index (χ0) is 14.4. The highest BCUT2D eigenvalue weighted by Gasteiger charge is 2.30. The molecule has 1 aromatic carbocycles. The van der Waals surface area contributed by atoms with Crippen LogP contribution in [0.3, 0.4) is 0 Å². The van der Waals surface area contributed by atoms with Crippen molar-refractivity contribution in [3.05, 3.63) is 28.8 Å². The van der Waals surface area contributed by atoms with Gasteiger partial charge in [0.1, 0.15) is 35.0 Å². The van der Waals surface area contributed by atoms with Gasteiger partial charge in [-0.1, -0.05) is 0 Å². The van der Waals surface area contributed by atoms with Gasteiger partial charge >= 0.3 is 0 Å². The fourth-order valence-corrected chi connectivity index (χ4v) is 2.53. The van der Waals surface area contributed by atoms with Crippen molar-refractivity contribution in [1.82, 2.24) is 0 Å². The Labute approximate surface area is 117 Å². The highest BCUT2D eigenvalue weighted by molar-refractivity contribution is 6.03. The number of aromatic hydroxyl groups is 1. The number of ketones is 1. The summed E-state index contributed by atoms with van der Waals surface area (Å²) in [4.78, 5) is 11.9. The predicted molar refractivity (Wildman–Crippen MR) is 76.4 cm³/mol. The molecule has 0 saturated heterocycles. The number of fused-ring (bicyclic) bond motifs is 3. The standard InChI is InChI=1S/C16H16O4/c1-8-4-6-11-14(18)13(10(3)17)16-12(15(11)19-8)7-5-9(2)20-16/h4-9,18H,1-3H3. The Bertz CT molecular complexity index is 655. The number of hydrogen-bond donors (Lipinski definition) is 1. The normalized spacial score (nSPS) is 22.6. The van der Waals surface area contributed by atoms with Gasteiger partial charge in [-0.15, -0.1) is 0 Å². The Morgan fingerprint density at radius 2 is 1.60 bits per heavy atom. The first kappa shape index (κ1) is 12.8. The van der Waals surface area contributed by atoms with Crippen LogP contribution in [0.2, 0.25) is 0 Å². The molecule has 0 saturated carbocycles. The van der Waals surface area contributed by atoms with E-state index in [0.29, 0.717) is 17.1 Å². The van der Waals surface area contributed by atoms with Crippen molar-refractivity contribution < 1.29 is 19.4 Å². The van der Waals surface area contributed by atoms with Gasteiger partial charge in [-0.3, -0.25) is 4.79 Å². The summed E-state index contributed by atoms with van der Waals surface area (Å²) in [5, 5.41) is 10.4. The van der Waals surface area contributed by atoms with Gasteiger partial charge < -0.3 is 14.6 Å². The van der Waals surface area contributed by atoms with Crippen LogP contribution in [0.4, 0.5) is 0 Å². The van der Waals surface area contributed by atoms with Gasteiger partial charge in [0.2, 0.25) is 0 Å². The van der Waals surface area contributed by atoms with E-state index in [0.717, 1.165) is 5.56 Å². The molecule has 2 heterocycles. The lowest BCUT2D eigenvalue weighted by Gasteiger charge is -2.28. The number of hydrogen-bond acceptors (Lipinski definition) is 4. The first-order chi connectivity index (χ1) is 9.49. The van der Waals surface area contributed by atoms with E-state index in [-0.39, 0.29) is 29.3 Å². The lowest BCUT2D eigenvalue weighted by molar-refractivity contribution is 0.100. The van der Waals surface area contributed by atoms with E-state index >= 15 is 0 Å². The minimum Gasteiger partial charge on any atom is -0.506 e. The molecule has 0 amide bonds. The molecule has 4 nitrogen and oxygen atoms in total. The molecule has 2 aliphatic rings. The van der Waals surface area contributed by atoms with Gasteiger partial charge in [0.05, 0.1) is 11.1 Å². The average molecular weight is 272 g/mol. The minimum atomic E-state index is -0.226. The first-order valence-electron chi connectivity index (χ1n) is 6.62. The van der Waals surface area contributed by atoms with Crippen LogP contribution < -0.4 is 9.47 Å². The monoisotopic (exact) mass is 272 g/mol. The summed E-state index contributed by atoms with van der Waals surface area (Å²) in [7, 11) is 0. The third-order valence-corrected chi connectivity index (χ3v) is 3.48. The van der Waals surface area contributed by atoms with E-state index in [2.05, 4.69) is 0 Å². The lowest BCUT2D eigenvalue weighted by Crippen LogP contribution is -2.19. The van der Waals surface area contributed by atoms with Gasteiger partial charge in [0.15, 0.2) is 5.78 Å². The third kappa shape index (κ3) is 1.80. The van der Waals surface area contributed by atoms with Crippen molar-refractivity contribution in [1.29, 1.82) is 0 Å². The summed E-state index contributed by atoms with van der Waals surface area (Å²) in [6.45, 7) is 5.21. The summed E-state index contributed by atoms with van der Waals surface area (Å²) < 4.78 is 11.5. The molecule has 0 fully saturated rings. The molecule has 0 aromatic heterocycles. The van der Waals surface area contributed by atoms with E-state index in [9.17, 15) is 9.90 Å². The van der Waals surface area contributed by atoms with Gasteiger partial charge in [0, 0.05) is 0 Å². The first-order valence-corrected chi connectivity index (χ1v) is 6.62. The Hall–Kier alpha value is -2.23. The molecule has 0 radical (unpaired) electrons. The fraction of sp³-hybridized carbons (Fsp3) is 0.312. The zero-order valence-electron chi connectivity index (χ0n) is 11.6. The fourth-order valence-electron chi connectivity index (χ4n) is 2.53. The number of rotatable bonds is 1. The third-order valence-electron chi connectivity index (χ3n) is 3.48. The molecule has 0 spiro atoms. The summed E-state index contributed by atoms with van der Waals surface area (Å²) >= 11 is 0. The van der Waals surface area contributed by atoms with Crippen LogP contribution in [0.25, 0.3) is 12.2 Å². The van der Waals surface area contributed by atoms with Crippen LogP contribution >= 0.6 is 0 Å². The van der Waals surface area contributed by atoms with Crippen molar-refractivity contribution in [2.45, 2.75) is 33.0 Å². The molecular weight excluding hydrogens is 256 g/mol. The molecular formula is C16H16O4. The molecule has 0 bridgehead atoms. The van der Waals surface area contributed by atoms with Gasteiger partial charge in [-0.05, 0) is 45.1 Å². The number of ether oxygens (including phenoxy) is 2. The van der Waals surface area contributed by atoms with Crippen molar-refractivity contribution in [3.63, 3.8) is 0 Å². The highest BCUT2D eigenvalue weighted by Crippen LogP contribution is 2.48. The molecule has 2 aliphatic heterocycles. The second-order valence-electron chi connectivity index (χ2n) is 5.13. The van der Waals surface area contributed by atoms with E-state index < -0.39 is 0 Å². The average Bonchev–Trinajstić information content (AvgIpc) is 2.37. The van der Waals surface area contributed by atoms with Crippen LogP contribution in [-0.2, 0) is 0 Å². The van der Waals surface area contributed by atoms with E-state index in [4.69, 9.17) is 9.47 Å². The maximum atomic E-state index is 11.9. The van der Waals surface area contributed by atoms with Crippen molar-refractivity contribution in [2.75, 3.05) is 0 Å². The number of benzene rings is 1. The maximum absolute atomic E-state index is 11.9. The quantitative estimate of drug-likeness (QED) is 0.798. The van der Waals surface area contributed by atoms with Crippen LogP contribution in [0.15, 0.2) is 12.2 Å². The Kier molecular flexibility index (Phi) is 2.82. The van der Waals surface area contributed by atoms with Crippen LogP contribution in [0.5, 0.6) is 17.2 Å². The smallest absolute Gasteiger partial charge is 0.167 e. The predicted octanol–water partition coefficient (Wildman–Crippen LogP) is 3.18. The van der Waals surface area contributed by atoms with Crippen molar-refractivity contribution in [2.24, 2.45) is 0 Å². The summed E-state index contributed by atoms with van der Waals surface area (Å²) in [6.07, 6.45) is 7.19. The molecule has 3 rings (SSSR count).